The molecule has 0 bridgehead atoms. The summed E-state index contributed by atoms with van der Waals surface area (Å²) in [6.07, 6.45) is -1.91. The van der Waals surface area contributed by atoms with Crippen LogP contribution in [0.3, 0.4) is 0 Å². The average molecular weight is 275 g/mol. The summed E-state index contributed by atoms with van der Waals surface area (Å²) in [5, 5.41) is 3.58. The van der Waals surface area contributed by atoms with Gasteiger partial charge < -0.3 is 23.7 Å². The normalized spacial score (nSPS) is 26.2. The van der Waals surface area contributed by atoms with Crippen molar-refractivity contribution in [3.63, 3.8) is 0 Å². The Hall–Kier alpha value is -1.38. The molecule has 1 fully saturated rings. The lowest BCUT2D eigenvalue weighted by Gasteiger charge is -2.26. The van der Waals surface area contributed by atoms with Gasteiger partial charge in [0.2, 0.25) is 0 Å². The number of methoxy groups -OCH3 is 3. The summed E-state index contributed by atoms with van der Waals surface area (Å²) in [6.45, 7) is -0.0948. The van der Waals surface area contributed by atoms with Crippen molar-refractivity contribution >= 4 is 5.97 Å². The first-order valence-corrected chi connectivity index (χ1v) is 5.57. The molecule has 1 heterocycles. The number of rotatable bonds is 7. The molecule has 1 aliphatic rings. The molecule has 0 spiro atoms. The molecular formula is C10H17N3O6. The van der Waals surface area contributed by atoms with Crippen LogP contribution in [-0.4, -0.2) is 65.1 Å². The number of nitrogens with zero attached hydrogens (tertiary/aromatic N) is 3. The predicted octanol–water partition coefficient (Wildman–Crippen LogP) is 0.241. The molecule has 1 aliphatic heterocycles. The number of ether oxygens (including phenoxy) is 5. The summed E-state index contributed by atoms with van der Waals surface area (Å²) in [4.78, 5) is 13.8. The summed E-state index contributed by atoms with van der Waals surface area (Å²) in [5.74, 6) is -0.531. The second-order valence-corrected chi connectivity index (χ2v) is 3.76. The van der Waals surface area contributed by atoms with Gasteiger partial charge in [-0.2, -0.15) is 0 Å². The molecule has 0 radical (unpaired) electrons. The van der Waals surface area contributed by atoms with Gasteiger partial charge in [0.15, 0.2) is 6.29 Å². The molecule has 108 valence electrons. The largest absolute Gasteiger partial charge is 0.467 e. The van der Waals surface area contributed by atoms with Crippen LogP contribution in [0.2, 0.25) is 0 Å². The summed E-state index contributed by atoms with van der Waals surface area (Å²) >= 11 is 0. The van der Waals surface area contributed by atoms with Crippen LogP contribution >= 0.6 is 0 Å². The van der Waals surface area contributed by atoms with E-state index >= 15 is 0 Å². The topological polar surface area (TPSA) is 112 Å². The van der Waals surface area contributed by atoms with Gasteiger partial charge >= 0.3 is 5.97 Å². The fraction of sp³-hybridized carbons (Fsp3) is 0.900. The van der Waals surface area contributed by atoms with E-state index in [9.17, 15) is 4.79 Å². The van der Waals surface area contributed by atoms with Gasteiger partial charge in [-0.25, -0.2) is 4.79 Å². The third kappa shape index (κ3) is 4.05. The molecule has 0 N–H and O–H groups in total. The first kappa shape index (κ1) is 15.7. The van der Waals surface area contributed by atoms with Crippen molar-refractivity contribution in [2.24, 2.45) is 5.11 Å². The van der Waals surface area contributed by atoms with E-state index in [4.69, 9.17) is 24.5 Å². The first-order chi connectivity index (χ1) is 9.17. The van der Waals surface area contributed by atoms with Gasteiger partial charge in [0.05, 0.1) is 19.8 Å². The van der Waals surface area contributed by atoms with Crippen molar-refractivity contribution in [3.05, 3.63) is 10.4 Å². The number of esters is 1. The average Bonchev–Trinajstić information content (AvgIpc) is 2.81. The number of carbonyl (C=O) groups excluding carboxylic acids is 1. The zero-order valence-electron chi connectivity index (χ0n) is 11.0. The Balaban J connectivity index is 2.74. The van der Waals surface area contributed by atoms with Gasteiger partial charge in [-0.15, -0.1) is 0 Å². The maximum Gasteiger partial charge on any atom is 0.331 e. The maximum atomic E-state index is 11.1. The lowest BCUT2D eigenvalue weighted by atomic mass is 10.1. The van der Waals surface area contributed by atoms with Crippen molar-refractivity contribution in [2.45, 2.75) is 24.5 Å². The lowest BCUT2D eigenvalue weighted by molar-refractivity contribution is -0.193. The van der Waals surface area contributed by atoms with Gasteiger partial charge in [0.25, 0.3) is 0 Å². The molecule has 0 unspecified atom stereocenters. The minimum absolute atomic E-state index is 0.170. The van der Waals surface area contributed by atoms with Crippen LogP contribution in [-0.2, 0) is 28.5 Å². The van der Waals surface area contributed by atoms with E-state index in [0.717, 1.165) is 0 Å². The van der Waals surface area contributed by atoms with E-state index in [0.29, 0.717) is 0 Å². The lowest BCUT2D eigenvalue weighted by Crippen LogP contribution is -2.42. The van der Waals surface area contributed by atoms with E-state index in [-0.39, 0.29) is 13.2 Å². The standard InChI is InChI=1S/C10H17N3O6/c1-15-7(14)5-19-8-6(12-13-11)4-18-9(8)10(16-2)17-3/h6,8-10H,4-5H2,1-3H3/t6-,8+,9+/m0/s1. The van der Waals surface area contributed by atoms with Crippen LogP contribution in [0.15, 0.2) is 5.11 Å². The summed E-state index contributed by atoms with van der Waals surface area (Å²) < 4.78 is 25.5. The molecule has 1 rings (SSSR count). The van der Waals surface area contributed by atoms with Crippen molar-refractivity contribution in [2.75, 3.05) is 34.5 Å². The Morgan fingerprint density at radius 1 is 1.47 bits per heavy atom. The second kappa shape index (κ2) is 7.93. The molecule has 3 atom stereocenters. The highest BCUT2D eigenvalue weighted by atomic mass is 16.7. The van der Waals surface area contributed by atoms with Crippen molar-refractivity contribution in [3.8, 4) is 0 Å². The molecular weight excluding hydrogens is 258 g/mol. The third-order valence-corrected chi connectivity index (χ3v) is 2.72. The highest BCUT2D eigenvalue weighted by molar-refractivity contribution is 5.70. The van der Waals surface area contributed by atoms with Gasteiger partial charge in [-0.1, -0.05) is 5.11 Å². The summed E-state index contributed by atoms with van der Waals surface area (Å²) in [5.41, 5.74) is 8.50. The zero-order chi connectivity index (χ0) is 14.3. The summed E-state index contributed by atoms with van der Waals surface area (Å²) in [6, 6.07) is -0.549. The van der Waals surface area contributed by atoms with Crippen LogP contribution in [0, 0.1) is 0 Å². The van der Waals surface area contributed by atoms with Gasteiger partial charge in [-0.3, -0.25) is 0 Å². The fourth-order valence-electron chi connectivity index (χ4n) is 1.81. The Morgan fingerprint density at radius 3 is 2.68 bits per heavy atom. The smallest absolute Gasteiger partial charge is 0.331 e. The van der Waals surface area contributed by atoms with Gasteiger partial charge in [0.1, 0.15) is 18.8 Å². The molecule has 1 saturated heterocycles. The maximum absolute atomic E-state index is 11.1. The van der Waals surface area contributed by atoms with Crippen LogP contribution in [0.1, 0.15) is 0 Å². The van der Waals surface area contributed by atoms with Crippen molar-refractivity contribution in [1.82, 2.24) is 0 Å². The number of carbonyl (C=O) groups is 1. The van der Waals surface area contributed by atoms with Crippen LogP contribution < -0.4 is 0 Å². The van der Waals surface area contributed by atoms with E-state index in [1.54, 1.807) is 0 Å². The summed E-state index contributed by atoms with van der Waals surface area (Å²) in [7, 11) is 4.16. The van der Waals surface area contributed by atoms with E-state index < -0.39 is 30.5 Å². The molecule has 0 aromatic rings. The van der Waals surface area contributed by atoms with Gasteiger partial charge in [-0.05, 0) is 5.53 Å². The highest BCUT2D eigenvalue weighted by Gasteiger charge is 2.43. The minimum Gasteiger partial charge on any atom is -0.467 e. The monoisotopic (exact) mass is 275 g/mol. The van der Waals surface area contributed by atoms with Crippen LogP contribution in [0.4, 0.5) is 0 Å². The zero-order valence-corrected chi connectivity index (χ0v) is 11.0. The molecule has 0 aliphatic carbocycles. The van der Waals surface area contributed by atoms with Crippen molar-refractivity contribution in [1.29, 1.82) is 0 Å². The number of azide groups is 1. The van der Waals surface area contributed by atoms with Gasteiger partial charge in [0, 0.05) is 19.1 Å². The molecule has 0 amide bonds. The third-order valence-electron chi connectivity index (χ3n) is 2.72. The molecule has 19 heavy (non-hydrogen) atoms. The Bertz CT molecular complexity index is 342. The molecule has 9 heteroatoms. The van der Waals surface area contributed by atoms with Crippen LogP contribution in [0.25, 0.3) is 10.4 Å². The second-order valence-electron chi connectivity index (χ2n) is 3.76. The Labute approximate surface area is 110 Å². The molecule has 9 nitrogen and oxygen atoms in total. The predicted molar refractivity (Wildman–Crippen MR) is 62.2 cm³/mol. The van der Waals surface area contributed by atoms with E-state index in [2.05, 4.69) is 14.8 Å². The molecule has 0 aromatic carbocycles. The highest BCUT2D eigenvalue weighted by Crippen LogP contribution is 2.25. The quantitative estimate of drug-likeness (QED) is 0.216. The fourth-order valence-corrected chi connectivity index (χ4v) is 1.81. The number of hydrogen-bond donors (Lipinski definition) is 0. The first-order valence-electron chi connectivity index (χ1n) is 5.57. The Kier molecular flexibility index (Phi) is 6.54. The Morgan fingerprint density at radius 2 is 2.16 bits per heavy atom. The van der Waals surface area contributed by atoms with E-state index in [1.807, 2.05) is 0 Å². The van der Waals surface area contributed by atoms with Crippen LogP contribution in [0.5, 0.6) is 0 Å². The van der Waals surface area contributed by atoms with E-state index in [1.165, 1.54) is 21.3 Å². The molecule has 0 aromatic heterocycles. The van der Waals surface area contributed by atoms with Crippen molar-refractivity contribution < 1.29 is 28.5 Å². The number of hydrogen-bond acceptors (Lipinski definition) is 7. The molecule has 0 saturated carbocycles. The SMILES string of the molecule is COC(=O)CO[C@@H]1[C@@H](N=[N+]=[N-])CO[C@H]1C(OC)OC. The minimum atomic E-state index is -0.679.